The van der Waals surface area contributed by atoms with Crippen LogP contribution in [0.15, 0.2) is 36.8 Å². The van der Waals surface area contributed by atoms with Crippen LogP contribution in [0, 0.1) is 0 Å². The van der Waals surface area contributed by atoms with Crippen molar-refractivity contribution < 1.29 is 9.90 Å². The summed E-state index contributed by atoms with van der Waals surface area (Å²) in [6.07, 6.45) is 5.74. The molecular formula is C14H17N5O2. The summed E-state index contributed by atoms with van der Waals surface area (Å²) >= 11 is 0. The van der Waals surface area contributed by atoms with Gasteiger partial charge < -0.3 is 10.8 Å². The second-order valence-electron chi connectivity index (χ2n) is 5.34. The van der Waals surface area contributed by atoms with Gasteiger partial charge in [-0.3, -0.25) is 14.3 Å². The van der Waals surface area contributed by atoms with E-state index in [2.05, 4.69) is 9.97 Å². The number of nitrogens with zero attached hydrogens (tertiary/aromatic N) is 4. The summed E-state index contributed by atoms with van der Waals surface area (Å²) in [4.78, 5) is 21.7. The van der Waals surface area contributed by atoms with Gasteiger partial charge in [0.15, 0.2) is 0 Å². The predicted octanol–water partition coefficient (Wildman–Crippen LogP) is 0.255. The lowest BCUT2D eigenvalue weighted by Crippen LogP contribution is -2.50. The first-order chi connectivity index (χ1) is 10.1. The SMILES string of the molecule is N[C@]1(C(=O)O)CCN(Cc2cccn2-c2ncccn2)C1. The molecule has 7 nitrogen and oxygen atoms in total. The van der Waals surface area contributed by atoms with Gasteiger partial charge in [0.1, 0.15) is 5.54 Å². The van der Waals surface area contributed by atoms with Gasteiger partial charge in [-0.25, -0.2) is 9.97 Å². The standard InChI is InChI=1S/C14H17N5O2/c15-14(12(20)21)4-8-18(10-14)9-11-3-1-7-19(11)13-16-5-2-6-17-13/h1-3,5-7H,4,8-10,15H2,(H,20,21)/t14-/m1/s1. The van der Waals surface area contributed by atoms with Crippen molar-refractivity contribution in [3.63, 3.8) is 0 Å². The topological polar surface area (TPSA) is 97.3 Å². The minimum Gasteiger partial charge on any atom is -0.480 e. The fourth-order valence-electron chi connectivity index (χ4n) is 2.61. The van der Waals surface area contributed by atoms with Crippen LogP contribution in [0.2, 0.25) is 0 Å². The van der Waals surface area contributed by atoms with E-state index < -0.39 is 11.5 Å². The summed E-state index contributed by atoms with van der Waals surface area (Å²) in [5.41, 5.74) is 5.77. The van der Waals surface area contributed by atoms with Crippen LogP contribution in [-0.2, 0) is 11.3 Å². The van der Waals surface area contributed by atoms with E-state index in [4.69, 9.17) is 5.73 Å². The predicted molar refractivity (Wildman–Crippen MR) is 75.8 cm³/mol. The van der Waals surface area contributed by atoms with Gasteiger partial charge in [0.2, 0.25) is 5.95 Å². The third-order valence-electron chi connectivity index (χ3n) is 3.79. The van der Waals surface area contributed by atoms with Crippen molar-refractivity contribution in [2.24, 2.45) is 5.73 Å². The van der Waals surface area contributed by atoms with Crippen LogP contribution in [0.5, 0.6) is 0 Å². The molecule has 0 saturated carbocycles. The first-order valence-electron chi connectivity index (χ1n) is 6.77. The molecular weight excluding hydrogens is 270 g/mol. The Hall–Kier alpha value is -2.25. The monoisotopic (exact) mass is 287 g/mol. The molecule has 1 saturated heterocycles. The molecule has 1 aliphatic heterocycles. The number of hydrogen-bond donors (Lipinski definition) is 2. The molecule has 0 radical (unpaired) electrons. The highest BCUT2D eigenvalue weighted by molar-refractivity contribution is 5.79. The lowest BCUT2D eigenvalue weighted by atomic mass is 10.0. The maximum atomic E-state index is 11.2. The zero-order chi connectivity index (χ0) is 14.9. The van der Waals surface area contributed by atoms with Crippen molar-refractivity contribution in [1.29, 1.82) is 0 Å². The van der Waals surface area contributed by atoms with Crippen molar-refractivity contribution >= 4 is 5.97 Å². The molecule has 110 valence electrons. The molecule has 1 fully saturated rings. The van der Waals surface area contributed by atoms with Gasteiger partial charge in [0.05, 0.1) is 0 Å². The minimum atomic E-state index is -1.14. The second-order valence-corrected chi connectivity index (χ2v) is 5.34. The Morgan fingerprint density at radius 2 is 2.14 bits per heavy atom. The van der Waals surface area contributed by atoms with E-state index in [-0.39, 0.29) is 0 Å². The Kier molecular flexibility index (Phi) is 3.44. The summed E-state index contributed by atoms with van der Waals surface area (Å²) in [5.74, 6) is -0.333. The second kappa shape index (κ2) is 5.27. The van der Waals surface area contributed by atoms with Gasteiger partial charge in [0.25, 0.3) is 0 Å². The van der Waals surface area contributed by atoms with E-state index in [9.17, 15) is 9.90 Å². The van der Waals surface area contributed by atoms with Crippen molar-refractivity contribution in [3.05, 3.63) is 42.5 Å². The Balaban J connectivity index is 1.76. The molecule has 0 aromatic carbocycles. The van der Waals surface area contributed by atoms with Crippen LogP contribution < -0.4 is 5.73 Å². The molecule has 1 atom stereocenters. The largest absolute Gasteiger partial charge is 0.480 e. The molecule has 2 aromatic heterocycles. The Morgan fingerprint density at radius 1 is 1.38 bits per heavy atom. The third-order valence-corrected chi connectivity index (χ3v) is 3.79. The van der Waals surface area contributed by atoms with E-state index in [1.54, 1.807) is 18.5 Å². The van der Waals surface area contributed by atoms with Gasteiger partial charge in [-0.1, -0.05) is 0 Å². The number of nitrogens with two attached hydrogens (primary N) is 1. The molecule has 2 aromatic rings. The van der Waals surface area contributed by atoms with E-state index >= 15 is 0 Å². The van der Waals surface area contributed by atoms with Gasteiger partial charge in [-0.05, 0) is 24.6 Å². The Bertz CT molecular complexity index is 642. The van der Waals surface area contributed by atoms with Crippen molar-refractivity contribution in [2.45, 2.75) is 18.5 Å². The van der Waals surface area contributed by atoms with Gasteiger partial charge in [-0.2, -0.15) is 0 Å². The summed E-state index contributed by atoms with van der Waals surface area (Å²) in [5, 5.41) is 9.17. The van der Waals surface area contributed by atoms with Crippen molar-refractivity contribution in [2.75, 3.05) is 13.1 Å². The molecule has 0 bridgehead atoms. The van der Waals surface area contributed by atoms with Crippen LogP contribution in [0.3, 0.4) is 0 Å². The Labute approximate surface area is 122 Å². The highest BCUT2D eigenvalue weighted by Crippen LogP contribution is 2.21. The zero-order valence-corrected chi connectivity index (χ0v) is 11.5. The Morgan fingerprint density at radius 3 is 2.81 bits per heavy atom. The minimum absolute atomic E-state index is 0.350. The fourth-order valence-corrected chi connectivity index (χ4v) is 2.61. The highest BCUT2D eigenvalue weighted by Gasteiger charge is 2.41. The van der Waals surface area contributed by atoms with Gasteiger partial charge >= 0.3 is 5.97 Å². The fraction of sp³-hybridized carbons (Fsp3) is 0.357. The summed E-state index contributed by atoms with van der Waals surface area (Å²) < 4.78 is 1.90. The number of rotatable bonds is 4. The number of aromatic nitrogens is 3. The average Bonchev–Trinajstić information content (AvgIpc) is 3.08. The number of carbonyl (C=O) groups is 1. The first kappa shape index (κ1) is 13.7. The molecule has 0 aliphatic carbocycles. The summed E-state index contributed by atoms with van der Waals surface area (Å²) in [6.45, 7) is 1.64. The molecule has 0 unspecified atom stereocenters. The van der Waals surface area contributed by atoms with Crippen LogP contribution in [0.1, 0.15) is 12.1 Å². The molecule has 3 heterocycles. The van der Waals surface area contributed by atoms with Crippen LogP contribution in [-0.4, -0.2) is 49.1 Å². The van der Waals surface area contributed by atoms with E-state index in [0.717, 1.165) is 5.69 Å². The molecule has 7 heteroatoms. The maximum absolute atomic E-state index is 11.2. The van der Waals surface area contributed by atoms with E-state index in [1.807, 2.05) is 27.8 Å². The number of hydrogen-bond acceptors (Lipinski definition) is 5. The molecule has 21 heavy (non-hydrogen) atoms. The summed E-state index contributed by atoms with van der Waals surface area (Å²) in [7, 11) is 0. The molecule has 3 rings (SSSR count). The normalized spacial score (nSPS) is 22.5. The molecule has 0 spiro atoms. The quantitative estimate of drug-likeness (QED) is 0.837. The summed E-state index contributed by atoms with van der Waals surface area (Å²) in [6, 6.07) is 5.67. The molecule has 0 amide bonds. The lowest BCUT2D eigenvalue weighted by molar-refractivity contribution is -0.142. The lowest BCUT2D eigenvalue weighted by Gasteiger charge is -2.20. The smallest absolute Gasteiger partial charge is 0.325 e. The maximum Gasteiger partial charge on any atom is 0.325 e. The van der Waals surface area contributed by atoms with Crippen LogP contribution in [0.25, 0.3) is 5.95 Å². The first-order valence-corrected chi connectivity index (χ1v) is 6.77. The van der Waals surface area contributed by atoms with E-state index in [0.29, 0.717) is 32.0 Å². The number of aliphatic carboxylic acids is 1. The zero-order valence-electron chi connectivity index (χ0n) is 11.5. The van der Waals surface area contributed by atoms with Crippen molar-refractivity contribution in [3.8, 4) is 5.95 Å². The van der Waals surface area contributed by atoms with Crippen molar-refractivity contribution in [1.82, 2.24) is 19.4 Å². The molecule has 3 N–H and O–H groups in total. The van der Waals surface area contributed by atoms with Gasteiger partial charge in [0, 0.05) is 43.9 Å². The van der Waals surface area contributed by atoms with Crippen LogP contribution >= 0.6 is 0 Å². The number of carboxylic acid groups (broad SMARTS) is 1. The average molecular weight is 287 g/mol. The molecule has 1 aliphatic rings. The van der Waals surface area contributed by atoms with Crippen LogP contribution in [0.4, 0.5) is 0 Å². The third kappa shape index (κ3) is 2.65. The number of likely N-dealkylation sites (tertiary alicyclic amines) is 1. The van der Waals surface area contributed by atoms with Gasteiger partial charge in [-0.15, -0.1) is 0 Å². The highest BCUT2D eigenvalue weighted by atomic mass is 16.4. The number of carboxylic acids is 1. The van der Waals surface area contributed by atoms with E-state index in [1.165, 1.54) is 0 Å².